The molecule has 0 radical (unpaired) electrons. The first-order valence-corrected chi connectivity index (χ1v) is 8.32. The molecule has 1 aromatic rings. The average Bonchev–Trinajstić information content (AvgIpc) is 2.61. The van der Waals surface area contributed by atoms with Crippen LogP contribution in [0, 0.1) is 0 Å². The van der Waals surface area contributed by atoms with Crippen LogP contribution >= 0.6 is 0 Å². The van der Waals surface area contributed by atoms with Gasteiger partial charge in [0.1, 0.15) is 5.75 Å². The lowest BCUT2D eigenvalue weighted by Crippen LogP contribution is -2.51. The molecule has 8 nitrogen and oxygen atoms in total. The maximum atomic E-state index is 12.5. The summed E-state index contributed by atoms with van der Waals surface area (Å²) in [6, 6.07) is 5.35. The van der Waals surface area contributed by atoms with Gasteiger partial charge in [-0.25, -0.2) is 4.79 Å². The molecular formula is C17H21N3O5. The van der Waals surface area contributed by atoms with Crippen molar-refractivity contribution in [3.05, 3.63) is 23.8 Å². The lowest BCUT2D eigenvalue weighted by Gasteiger charge is -2.34. The van der Waals surface area contributed by atoms with Crippen molar-refractivity contribution in [3.8, 4) is 5.75 Å². The van der Waals surface area contributed by atoms with Gasteiger partial charge in [0.25, 0.3) is 5.91 Å². The predicted molar refractivity (Wildman–Crippen MR) is 89.4 cm³/mol. The van der Waals surface area contributed by atoms with Crippen molar-refractivity contribution in [2.75, 3.05) is 44.7 Å². The molecule has 25 heavy (non-hydrogen) atoms. The zero-order chi connectivity index (χ0) is 17.8. The largest absolute Gasteiger partial charge is 0.482 e. The van der Waals surface area contributed by atoms with Gasteiger partial charge in [0.2, 0.25) is 5.91 Å². The van der Waals surface area contributed by atoms with Gasteiger partial charge in [0.05, 0.1) is 18.7 Å². The molecule has 0 atom stereocenters. The molecular weight excluding hydrogens is 326 g/mol. The van der Waals surface area contributed by atoms with E-state index in [0.717, 1.165) is 5.56 Å². The average molecular weight is 347 g/mol. The monoisotopic (exact) mass is 347 g/mol. The molecule has 1 saturated heterocycles. The first-order valence-electron chi connectivity index (χ1n) is 8.32. The van der Waals surface area contributed by atoms with E-state index < -0.39 is 0 Å². The molecule has 0 saturated carbocycles. The molecule has 0 unspecified atom stereocenters. The Morgan fingerprint density at radius 1 is 1.20 bits per heavy atom. The molecule has 2 aliphatic heterocycles. The van der Waals surface area contributed by atoms with Gasteiger partial charge in [-0.05, 0) is 24.6 Å². The smallest absolute Gasteiger partial charge is 0.409 e. The topological polar surface area (TPSA) is 88.2 Å². The van der Waals surface area contributed by atoms with Crippen molar-refractivity contribution < 1.29 is 23.9 Å². The summed E-state index contributed by atoms with van der Waals surface area (Å²) in [7, 11) is 0. The van der Waals surface area contributed by atoms with Crippen LogP contribution in [0.3, 0.4) is 0 Å². The normalized spacial score (nSPS) is 16.6. The third-order valence-electron chi connectivity index (χ3n) is 4.19. The predicted octanol–water partition coefficient (Wildman–Crippen LogP) is 0.861. The van der Waals surface area contributed by atoms with Gasteiger partial charge in [-0.15, -0.1) is 0 Å². The number of nitrogens with one attached hydrogen (secondary N) is 1. The molecule has 0 bridgehead atoms. The van der Waals surface area contributed by atoms with E-state index in [-0.39, 0.29) is 30.9 Å². The quantitative estimate of drug-likeness (QED) is 0.876. The second-order valence-corrected chi connectivity index (χ2v) is 5.91. The van der Waals surface area contributed by atoms with Gasteiger partial charge in [0, 0.05) is 26.2 Å². The van der Waals surface area contributed by atoms with Crippen LogP contribution < -0.4 is 10.1 Å². The second kappa shape index (κ2) is 7.42. The molecule has 134 valence electrons. The number of hydrogen-bond acceptors (Lipinski definition) is 5. The summed E-state index contributed by atoms with van der Waals surface area (Å²) in [5, 5.41) is 2.74. The maximum Gasteiger partial charge on any atom is 0.409 e. The molecule has 2 aliphatic rings. The molecule has 3 amide bonds. The van der Waals surface area contributed by atoms with Gasteiger partial charge < -0.3 is 24.6 Å². The number of fused-ring (bicyclic) bond motifs is 1. The fourth-order valence-corrected chi connectivity index (χ4v) is 2.88. The molecule has 0 spiro atoms. The van der Waals surface area contributed by atoms with Crippen molar-refractivity contribution in [1.82, 2.24) is 9.80 Å². The lowest BCUT2D eigenvalue weighted by atomic mass is 10.1. The van der Waals surface area contributed by atoms with Crippen LogP contribution in [0.5, 0.6) is 5.75 Å². The number of amides is 3. The molecule has 0 aliphatic carbocycles. The number of piperazine rings is 1. The van der Waals surface area contributed by atoms with Crippen LogP contribution in [0.1, 0.15) is 12.5 Å². The number of rotatable bonds is 3. The van der Waals surface area contributed by atoms with Crippen LogP contribution in [0.4, 0.5) is 10.5 Å². The minimum atomic E-state index is -0.333. The highest BCUT2D eigenvalue weighted by Gasteiger charge is 2.25. The Bertz CT molecular complexity index is 683. The van der Waals surface area contributed by atoms with E-state index in [1.54, 1.807) is 28.9 Å². The van der Waals surface area contributed by atoms with Crippen molar-refractivity contribution in [1.29, 1.82) is 0 Å². The molecule has 0 aromatic heterocycles. The van der Waals surface area contributed by atoms with Crippen LogP contribution in [-0.2, 0) is 20.7 Å². The summed E-state index contributed by atoms with van der Waals surface area (Å²) in [5.74, 6) is 0.399. The summed E-state index contributed by atoms with van der Waals surface area (Å²) < 4.78 is 10.3. The van der Waals surface area contributed by atoms with E-state index in [1.807, 2.05) is 6.07 Å². The SMILES string of the molecule is CCOC(=O)N1CCN(C(=O)Cc2ccc3c(c2)NC(=O)CO3)CC1. The summed E-state index contributed by atoms with van der Waals surface area (Å²) >= 11 is 0. The number of hydrogen-bond donors (Lipinski definition) is 1. The van der Waals surface area contributed by atoms with E-state index in [2.05, 4.69) is 5.32 Å². The Kier molecular flexibility index (Phi) is 5.06. The van der Waals surface area contributed by atoms with Crippen LogP contribution in [-0.4, -0.2) is 67.1 Å². The highest BCUT2D eigenvalue weighted by atomic mass is 16.6. The molecule has 8 heteroatoms. The van der Waals surface area contributed by atoms with E-state index >= 15 is 0 Å². The standard InChI is InChI=1S/C17H21N3O5/c1-2-24-17(23)20-7-5-19(6-8-20)16(22)10-12-3-4-14-13(9-12)18-15(21)11-25-14/h3-4,9H,2,5-8,10-11H2,1H3,(H,18,21). The van der Waals surface area contributed by atoms with Gasteiger partial charge in [0.15, 0.2) is 6.61 Å². The Hall–Kier alpha value is -2.77. The zero-order valence-electron chi connectivity index (χ0n) is 14.1. The highest BCUT2D eigenvalue weighted by molar-refractivity contribution is 5.95. The molecule has 1 fully saturated rings. The van der Waals surface area contributed by atoms with Crippen LogP contribution in [0.2, 0.25) is 0 Å². The van der Waals surface area contributed by atoms with Crippen molar-refractivity contribution >= 4 is 23.6 Å². The summed E-state index contributed by atoms with van der Waals surface area (Å²) in [6.07, 6.45) is -0.0947. The van der Waals surface area contributed by atoms with Crippen molar-refractivity contribution in [3.63, 3.8) is 0 Å². The Balaban J connectivity index is 1.56. The highest BCUT2D eigenvalue weighted by Crippen LogP contribution is 2.28. The van der Waals surface area contributed by atoms with Crippen LogP contribution in [0.15, 0.2) is 18.2 Å². The molecule has 2 heterocycles. The number of nitrogens with zero attached hydrogens (tertiary/aromatic N) is 2. The van der Waals surface area contributed by atoms with Crippen molar-refractivity contribution in [2.24, 2.45) is 0 Å². The first kappa shape index (κ1) is 17.1. The summed E-state index contributed by atoms with van der Waals surface area (Å²) in [6.45, 7) is 4.04. The summed E-state index contributed by atoms with van der Waals surface area (Å²) in [5.41, 5.74) is 1.40. The third-order valence-corrected chi connectivity index (χ3v) is 4.19. The number of carbonyl (C=O) groups excluding carboxylic acids is 3. The fourth-order valence-electron chi connectivity index (χ4n) is 2.88. The third kappa shape index (κ3) is 4.01. The second-order valence-electron chi connectivity index (χ2n) is 5.91. The zero-order valence-corrected chi connectivity index (χ0v) is 14.1. The fraction of sp³-hybridized carbons (Fsp3) is 0.471. The lowest BCUT2D eigenvalue weighted by molar-refractivity contribution is -0.132. The Morgan fingerprint density at radius 3 is 2.64 bits per heavy atom. The van der Waals surface area contributed by atoms with E-state index in [9.17, 15) is 14.4 Å². The van der Waals surface area contributed by atoms with E-state index in [1.165, 1.54) is 0 Å². The van der Waals surface area contributed by atoms with Crippen molar-refractivity contribution in [2.45, 2.75) is 13.3 Å². The Morgan fingerprint density at radius 2 is 1.92 bits per heavy atom. The van der Waals surface area contributed by atoms with Gasteiger partial charge in [-0.2, -0.15) is 0 Å². The minimum Gasteiger partial charge on any atom is -0.482 e. The van der Waals surface area contributed by atoms with E-state index in [4.69, 9.17) is 9.47 Å². The Labute approximate surface area is 145 Å². The maximum absolute atomic E-state index is 12.5. The summed E-state index contributed by atoms with van der Waals surface area (Å²) in [4.78, 5) is 38.9. The van der Waals surface area contributed by atoms with Crippen LogP contribution in [0.25, 0.3) is 0 Å². The van der Waals surface area contributed by atoms with Gasteiger partial charge in [-0.1, -0.05) is 6.07 Å². The van der Waals surface area contributed by atoms with Gasteiger partial charge >= 0.3 is 6.09 Å². The number of benzene rings is 1. The van der Waals surface area contributed by atoms with E-state index in [0.29, 0.717) is 44.2 Å². The number of carbonyl (C=O) groups is 3. The molecule has 1 N–H and O–H groups in total. The molecule has 1 aromatic carbocycles. The molecule has 3 rings (SSSR count). The first-order chi connectivity index (χ1) is 12.1. The van der Waals surface area contributed by atoms with Gasteiger partial charge in [-0.3, -0.25) is 9.59 Å². The minimum absolute atomic E-state index is 0.00786. The number of ether oxygens (including phenoxy) is 2. The number of anilines is 1.